The molecule has 18 nitrogen and oxygen atoms in total. The highest BCUT2D eigenvalue weighted by atomic mass is 32.2. The number of carbonyl (C=O) groups excluding carboxylic acids is 2. The Kier molecular flexibility index (Phi) is 22.5. The Labute approximate surface area is 573 Å². The number of hydrogen-bond acceptors (Lipinski definition) is 15. The molecule has 4 aromatic carbocycles. The van der Waals surface area contributed by atoms with Crippen LogP contribution in [0.2, 0.25) is 0 Å². The molecule has 0 saturated carbocycles. The molecule has 0 radical (unpaired) electrons. The van der Waals surface area contributed by atoms with Gasteiger partial charge in [0.05, 0.1) is 49.0 Å². The summed E-state index contributed by atoms with van der Waals surface area (Å²) in [5.41, 5.74) is 5.77. The number of pyridine rings is 3. The van der Waals surface area contributed by atoms with Gasteiger partial charge in [-0.25, -0.2) is 42.8 Å². The average molecular weight is 1400 g/mol. The van der Waals surface area contributed by atoms with E-state index in [2.05, 4.69) is 83.9 Å². The molecular formula is C76H77N4O14S4+. The Morgan fingerprint density at radius 1 is 0.551 bits per heavy atom. The number of ether oxygens (including phenoxy) is 2. The lowest BCUT2D eigenvalue weighted by Crippen LogP contribution is -3.11. The van der Waals surface area contributed by atoms with Crippen LogP contribution in [0.3, 0.4) is 0 Å². The second kappa shape index (κ2) is 30.7. The van der Waals surface area contributed by atoms with Crippen LogP contribution >= 0.6 is 0 Å². The maximum Gasteiger partial charge on any atom is 0.211 e. The predicted molar refractivity (Wildman–Crippen MR) is 370 cm³/mol. The van der Waals surface area contributed by atoms with Crippen LogP contribution in [0.1, 0.15) is 102 Å². The van der Waals surface area contributed by atoms with Crippen molar-refractivity contribution in [3.05, 3.63) is 271 Å². The van der Waals surface area contributed by atoms with E-state index >= 15 is 0 Å². The molecule has 2 unspecified atom stereocenters. The third kappa shape index (κ3) is 15.6. The van der Waals surface area contributed by atoms with Gasteiger partial charge in [-0.2, -0.15) is 0 Å². The topological polar surface area (TPSA) is 260 Å². The number of nitrogens with zero attached hydrogens (tertiary/aromatic N) is 3. The van der Waals surface area contributed by atoms with Crippen molar-refractivity contribution in [2.24, 2.45) is 0 Å². The minimum absolute atomic E-state index is 0.0273. The van der Waals surface area contributed by atoms with E-state index in [1.165, 1.54) is 166 Å². The maximum absolute atomic E-state index is 13.1. The number of rotatable bonds is 15. The zero-order chi connectivity index (χ0) is 70.1. The highest BCUT2D eigenvalue weighted by Gasteiger charge is 2.40. The van der Waals surface area contributed by atoms with Gasteiger partial charge in [0.15, 0.2) is 37.9 Å². The smallest absolute Gasteiger partial charge is 0.211 e. The number of sulfone groups is 4. The molecule has 2 saturated heterocycles. The van der Waals surface area contributed by atoms with Crippen molar-refractivity contribution >= 4 is 68.0 Å². The fourth-order valence-electron chi connectivity index (χ4n) is 12.0. The SMILES string of the molecule is CC(C=CC=C1C(=O)c2ccccc2S1(=O)=O)=CC1=C([O-])c2ccccc2S1(=O)=O.CC[NH+](CC)CC.Cc1ccc2c(c1)S(=O)(=O)C(=CC=C(C=CC1=C([O-])c3ccc(C)cc3S1(=O)=O)c1ccncc1)C2=O.c1c[n+](CC2CCCO2)ccc1-c1cc[n+](CC2CCCO2)cc1. The number of allylic oxidation sites excluding steroid dienone is 12. The molecule has 9 heterocycles. The number of benzene rings is 4. The minimum atomic E-state index is -4.02. The van der Waals surface area contributed by atoms with Crippen molar-refractivity contribution in [2.45, 2.75) is 112 Å². The van der Waals surface area contributed by atoms with Crippen LogP contribution in [0.4, 0.5) is 0 Å². The van der Waals surface area contributed by atoms with E-state index in [-0.39, 0.29) is 61.5 Å². The van der Waals surface area contributed by atoms with Gasteiger partial charge in [0.2, 0.25) is 50.9 Å². The molecule has 508 valence electrons. The molecule has 7 aromatic rings. The summed E-state index contributed by atoms with van der Waals surface area (Å²) in [7, 11) is -15.8. The summed E-state index contributed by atoms with van der Waals surface area (Å²) >= 11 is 0. The molecule has 2 fully saturated rings. The first-order chi connectivity index (χ1) is 46.9. The number of aromatic nitrogens is 3. The normalized spacial score (nSPS) is 20.1. The fraction of sp³-hybridized carbons (Fsp3) is 0.250. The first-order valence-electron chi connectivity index (χ1n) is 32.3. The van der Waals surface area contributed by atoms with E-state index in [0.29, 0.717) is 40.0 Å². The second-order valence-electron chi connectivity index (χ2n) is 24.2. The van der Waals surface area contributed by atoms with E-state index in [4.69, 9.17) is 9.47 Å². The van der Waals surface area contributed by atoms with Gasteiger partial charge in [0, 0.05) is 61.0 Å². The van der Waals surface area contributed by atoms with Gasteiger partial charge < -0.3 is 24.6 Å². The van der Waals surface area contributed by atoms with Gasteiger partial charge in [-0.15, -0.1) is 0 Å². The molecule has 13 rings (SSSR count). The quantitative estimate of drug-likeness (QED) is 0.0573. The average Bonchev–Trinajstić information content (AvgIpc) is 1.63. The van der Waals surface area contributed by atoms with Crippen LogP contribution in [-0.4, -0.2) is 95.3 Å². The molecule has 22 heteroatoms. The third-order valence-electron chi connectivity index (χ3n) is 17.5. The summed E-state index contributed by atoms with van der Waals surface area (Å²) in [5.74, 6) is -2.40. The molecule has 2 atom stereocenters. The predicted octanol–water partition coefficient (Wildman–Crippen LogP) is 8.49. The Hall–Kier alpha value is -9.13. The number of quaternary nitrogens is 1. The molecule has 1 N–H and O–H groups in total. The van der Waals surface area contributed by atoms with Crippen LogP contribution in [0, 0.1) is 13.8 Å². The van der Waals surface area contributed by atoms with Gasteiger partial charge in [0.25, 0.3) is 0 Å². The highest BCUT2D eigenvalue weighted by Crippen LogP contribution is 2.40. The largest absolute Gasteiger partial charge is 0.871 e. The molecule has 98 heavy (non-hydrogen) atoms. The second-order valence-corrected chi connectivity index (χ2v) is 31.7. The van der Waals surface area contributed by atoms with Gasteiger partial charge in [-0.3, -0.25) is 14.6 Å². The Morgan fingerprint density at radius 2 is 1.00 bits per heavy atom. The number of carbonyl (C=O) groups is 2. The molecule has 6 aliphatic rings. The number of fused-ring (bicyclic) bond motifs is 4. The van der Waals surface area contributed by atoms with Crippen molar-refractivity contribution in [3.63, 3.8) is 0 Å². The molecule has 0 aliphatic carbocycles. The number of Topliss-reactive ketones (excluding diaryl/α,β-unsaturated/α-hetero) is 2. The van der Waals surface area contributed by atoms with Crippen molar-refractivity contribution in [2.75, 3.05) is 32.8 Å². The van der Waals surface area contributed by atoms with E-state index in [1.807, 2.05) is 0 Å². The molecule has 3 aromatic heterocycles. The van der Waals surface area contributed by atoms with E-state index < -0.39 is 62.4 Å². The zero-order valence-electron chi connectivity index (χ0n) is 55.3. The number of hydrogen-bond donors (Lipinski definition) is 1. The molecular weight excluding hydrogens is 1320 g/mol. The Bertz CT molecular complexity index is 4890. The van der Waals surface area contributed by atoms with Gasteiger partial charge in [-0.1, -0.05) is 84.4 Å². The summed E-state index contributed by atoms with van der Waals surface area (Å²) < 4.78 is 118. The lowest BCUT2D eigenvalue weighted by molar-refractivity contribution is -0.894. The van der Waals surface area contributed by atoms with Crippen LogP contribution < -0.4 is 24.2 Å². The van der Waals surface area contributed by atoms with Crippen molar-refractivity contribution in [1.29, 1.82) is 0 Å². The lowest BCUT2D eigenvalue weighted by atomic mass is 10.0. The molecule has 0 amide bonds. The number of aryl methyl sites for hydroxylation is 2. The van der Waals surface area contributed by atoms with Crippen LogP contribution in [0.5, 0.6) is 0 Å². The Balaban J connectivity index is 0.000000154. The summed E-state index contributed by atoms with van der Waals surface area (Å²) in [6.07, 6.45) is 27.6. The lowest BCUT2D eigenvalue weighted by Gasteiger charge is -2.10. The first-order valence-corrected chi connectivity index (χ1v) is 38.3. The van der Waals surface area contributed by atoms with Gasteiger partial charge in [-0.05, 0) is 190 Å². The molecule has 0 spiro atoms. The number of ketones is 2. The van der Waals surface area contributed by atoms with Gasteiger partial charge >= 0.3 is 0 Å². The zero-order valence-corrected chi connectivity index (χ0v) is 58.5. The minimum Gasteiger partial charge on any atom is -0.871 e. The van der Waals surface area contributed by atoms with Crippen molar-refractivity contribution in [1.82, 2.24) is 4.98 Å². The summed E-state index contributed by atoms with van der Waals surface area (Å²) in [6.45, 7) is 19.3. The molecule has 6 aliphatic heterocycles. The summed E-state index contributed by atoms with van der Waals surface area (Å²) in [6, 6.07) is 33.2. The van der Waals surface area contributed by atoms with E-state index in [1.54, 1.807) is 74.2 Å². The maximum atomic E-state index is 13.1. The van der Waals surface area contributed by atoms with Crippen LogP contribution in [0.15, 0.2) is 252 Å². The summed E-state index contributed by atoms with van der Waals surface area (Å²) in [5, 5.41) is 25.4. The third-order valence-corrected chi connectivity index (χ3v) is 24.8. The van der Waals surface area contributed by atoms with Gasteiger partial charge in [0.1, 0.15) is 22.0 Å². The molecule has 0 bridgehead atoms. The van der Waals surface area contributed by atoms with Crippen LogP contribution in [0.25, 0.3) is 28.2 Å². The van der Waals surface area contributed by atoms with Crippen molar-refractivity contribution < 1.29 is 77.0 Å². The van der Waals surface area contributed by atoms with Crippen LogP contribution in [-0.2, 0) is 61.9 Å². The summed E-state index contributed by atoms with van der Waals surface area (Å²) in [4.78, 5) is 29.4. The highest BCUT2D eigenvalue weighted by molar-refractivity contribution is 7.97. The fourth-order valence-corrected chi connectivity index (χ4v) is 18.4. The van der Waals surface area contributed by atoms with Crippen molar-refractivity contribution in [3.8, 4) is 11.1 Å². The monoisotopic (exact) mass is 1400 g/mol. The number of nitrogens with one attached hydrogen (secondary N) is 1. The standard InChI is InChI=1S/C28H21NO6S2.C22H16O6S2.C20H26N2O2.C6H15N/c1-17-3-7-21-25(15-17)36(32,33)23(27(21)30)9-5-19(20-11-13-29-14-12-20)6-10-24-28(31)22-8-4-18(2)16-26(22)37(24,34)35;1-14(13-20-22(24)16-9-3-5-11-18(16)30(20,27)28)7-6-12-19-21(23)15-8-2-4-10-17(15)29(19,25)26;1-3-19(23-13-1)15-21-9-5-17(6-10-21)18-7-11-22(12-8-18)16-20-4-2-14-24-20;1-4-7(5-2)6-3/h3-16,30H,1-2H3;2-13,24H,1H3;5-12,19-20H,1-4,13-16H2;4-6H2,1-3H3/q;;+2;/p-1. The van der Waals surface area contributed by atoms with E-state index in [9.17, 15) is 53.5 Å². The Morgan fingerprint density at radius 3 is 1.50 bits per heavy atom. The first kappa shape index (κ1) is 71.6. The van der Waals surface area contributed by atoms with E-state index in [0.717, 1.165) is 26.3 Å².